The highest BCUT2D eigenvalue weighted by atomic mass is 16.5. The maximum atomic E-state index is 13.1. The van der Waals surface area contributed by atoms with Gasteiger partial charge in [-0.05, 0) is 42.3 Å². The van der Waals surface area contributed by atoms with Gasteiger partial charge in [0.25, 0.3) is 11.7 Å². The largest absolute Gasteiger partial charge is 0.507 e. The summed E-state index contributed by atoms with van der Waals surface area (Å²) in [6.07, 6.45) is 3.28. The smallest absolute Gasteiger partial charge is 0.295 e. The third-order valence-electron chi connectivity index (χ3n) is 5.38. The standard InChI is InChI=1S/C25H22N2O4/c1-16-6-8-18(9-7-16)23(28)21-22(19-4-3-5-20(14-19)31-2)27(25(30)24(21)29)15-17-10-12-26-13-11-17/h3-14,22,28H,15H2,1-2H3/b23-21-. The van der Waals surface area contributed by atoms with Crippen molar-refractivity contribution in [3.8, 4) is 5.75 Å². The Morgan fingerprint density at radius 1 is 1.06 bits per heavy atom. The Morgan fingerprint density at radius 2 is 1.77 bits per heavy atom. The number of pyridine rings is 1. The third kappa shape index (κ3) is 3.92. The van der Waals surface area contributed by atoms with Crippen LogP contribution in [0.4, 0.5) is 0 Å². The summed E-state index contributed by atoms with van der Waals surface area (Å²) < 4.78 is 5.34. The molecular weight excluding hydrogens is 392 g/mol. The number of aliphatic hydroxyl groups is 1. The number of ketones is 1. The van der Waals surface area contributed by atoms with E-state index in [-0.39, 0.29) is 17.9 Å². The number of benzene rings is 2. The molecule has 1 saturated heterocycles. The molecule has 0 aliphatic carbocycles. The van der Waals surface area contributed by atoms with Crippen LogP contribution in [0.1, 0.15) is 28.3 Å². The summed E-state index contributed by atoms with van der Waals surface area (Å²) in [5, 5.41) is 11.1. The Bertz CT molecular complexity index is 1150. The van der Waals surface area contributed by atoms with Crippen molar-refractivity contribution in [1.82, 2.24) is 9.88 Å². The minimum absolute atomic E-state index is 0.0659. The molecule has 0 saturated carbocycles. The molecular formula is C25H22N2O4. The number of amides is 1. The van der Waals surface area contributed by atoms with E-state index >= 15 is 0 Å². The molecule has 0 bridgehead atoms. The van der Waals surface area contributed by atoms with Crippen LogP contribution in [-0.2, 0) is 16.1 Å². The summed E-state index contributed by atoms with van der Waals surface area (Å²) in [5.74, 6) is -0.955. The lowest BCUT2D eigenvalue weighted by molar-refractivity contribution is -0.140. The molecule has 1 aromatic heterocycles. The van der Waals surface area contributed by atoms with Gasteiger partial charge in [0, 0.05) is 24.5 Å². The van der Waals surface area contributed by atoms with Crippen LogP contribution < -0.4 is 4.74 Å². The summed E-state index contributed by atoms with van der Waals surface area (Å²) in [6.45, 7) is 2.15. The van der Waals surface area contributed by atoms with Crippen molar-refractivity contribution in [2.75, 3.05) is 7.11 Å². The number of ether oxygens (including phenoxy) is 1. The first-order chi connectivity index (χ1) is 15.0. The van der Waals surface area contributed by atoms with Gasteiger partial charge in [-0.25, -0.2) is 0 Å². The molecule has 6 nitrogen and oxygen atoms in total. The van der Waals surface area contributed by atoms with E-state index in [1.807, 2.05) is 25.1 Å². The Kier molecular flexibility index (Phi) is 5.54. The molecule has 1 atom stereocenters. The number of aliphatic hydroxyl groups excluding tert-OH is 1. The first-order valence-corrected chi connectivity index (χ1v) is 9.88. The van der Waals surface area contributed by atoms with Crippen LogP contribution in [0.2, 0.25) is 0 Å². The van der Waals surface area contributed by atoms with Gasteiger partial charge in [-0.2, -0.15) is 0 Å². The first kappa shape index (κ1) is 20.3. The molecule has 4 rings (SSSR count). The normalized spacial score (nSPS) is 17.7. The van der Waals surface area contributed by atoms with Crippen LogP contribution in [0.15, 0.2) is 78.6 Å². The Hall–Kier alpha value is -3.93. The number of carbonyl (C=O) groups excluding carboxylic acids is 2. The lowest BCUT2D eigenvalue weighted by Gasteiger charge is -2.25. The molecule has 1 fully saturated rings. The van der Waals surface area contributed by atoms with Gasteiger partial charge in [-0.3, -0.25) is 14.6 Å². The Labute approximate surface area is 180 Å². The first-order valence-electron chi connectivity index (χ1n) is 9.88. The van der Waals surface area contributed by atoms with Gasteiger partial charge in [0.1, 0.15) is 11.5 Å². The number of hydrogen-bond acceptors (Lipinski definition) is 5. The SMILES string of the molecule is COc1cccc(C2/C(=C(/O)c3ccc(C)cc3)C(=O)C(=O)N2Cc2ccncc2)c1. The molecule has 156 valence electrons. The fraction of sp³-hybridized carbons (Fsp3) is 0.160. The van der Waals surface area contributed by atoms with E-state index in [0.717, 1.165) is 11.1 Å². The number of hydrogen-bond donors (Lipinski definition) is 1. The molecule has 1 unspecified atom stereocenters. The van der Waals surface area contributed by atoms with Crippen LogP contribution in [0.5, 0.6) is 5.75 Å². The van der Waals surface area contributed by atoms with Crippen molar-refractivity contribution in [3.05, 3.63) is 101 Å². The predicted molar refractivity (Wildman–Crippen MR) is 116 cm³/mol. The highest BCUT2D eigenvalue weighted by molar-refractivity contribution is 6.46. The number of carbonyl (C=O) groups is 2. The lowest BCUT2D eigenvalue weighted by atomic mass is 9.94. The number of aromatic nitrogens is 1. The highest BCUT2D eigenvalue weighted by Crippen LogP contribution is 2.41. The van der Waals surface area contributed by atoms with Crippen molar-refractivity contribution in [1.29, 1.82) is 0 Å². The maximum Gasteiger partial charge on any atom is 0.295 e. The zero-order chi connectivity index (χ0) is 22.0. The fourth-order valence-electron chi connectivity index (χ4n) is 3.75. The predicted octanol–water partition coefficient (Wildman–Crippen LogP) is 4.02. The summed E-state index contributed by atoms with van der Waals surface area (Å²) in [4.78, 5) is 31.6. The zero-order valence-electron chi connectivity index (χ0n) is 17.3. The fourth-order valence-corrected chi connectivity index (χ4v) is 3.75. The topological polar surface area (TPSA) is 79.7 Å². The zero-order valence-corrected chi connectivity index (χ0v) is 17.3. The van der Waals surface area contributed by atoms with Crippen LogP contribution in [0, 0.1) is 6.92 Å². The van der Waals surface area contributed by atoms with Crippen molar-refractivity contribution >= 4 is 17.4 Å². The number of aryl methyl sites for hydroxylation is 1. The number of rotatable bonds is 5. The number of likely N-dealkylation sites (tertiary alicyclic amines) is 1. The van der Waals surface area contributed by atoms with E-state index in [9.17, 15) is 14.7 Å². The Morgan fingerprint density at radius 3 is 2.45 bits per heavy atom. The molecule has 31 heavy (non-hydrogen) atoms. The summed E-state index contributed by atoms with van der Waals surface area (Å²) in [5.41, 5.74) is 3.09. The minimum Gasteiger partial charge on any atom is -0.507 e. The molecule has 1 amide bonds. The second-order valence-electron chi connectivity index (χ2n) is 7.43. The van der Waals surface area contributed by atoms with Gasteiger partial charge in [0.05, 0.1) is 18.7 Å². The highest BCUT2D eigenvalue weighted by Gasteiger charge is 2.46. The van der Waals surface area contributed by atoms with Gasteiger partial charge in [0.2, 0.25) is 0 Å². The van der Waals surface area contributed by atoms with Crippen molar-refractivity contribution in [2.45, 2.75) is 19.5 Å². The van der Waals surface area contributed by atoms with Gasteiger partial charge in [-0.1, -0.05) is 42.0 Å². The number of nitrogens with zero attached hydrogens (tertiary/aromatic N) is 2. The number of Topliss-reactive ketones (excluding diaryl/α,β-unsaturated/α-hetero) is 1. The van der Waals surface area contributed by atoms with Gasteiger partial charge < -0.3 is 14.7 Å². The number of methoxy groups -OCH3 is 1. The molecule has 6 heteroatoms. The lowest BCUT2D eigenvalue weighted by Crippen LogP contribution is -2.29. The molecule has 0 radical (unpaired) electrons. The second kappa shape index (κ2) is 8.44. The van der Waals surface area contributed by atoms with Crippen molar-refractivity contribution in [2.24, 2.45) is 0 Å². The molecule has 1 aliphatic heterocycles. The molecule has 0 spiro atoms. The summed E-state index contributed by atoms with van der Waals surface area (Å²) in [7, 11) is 1.55. The van der Waals surface area contributed by atoms with Gasteiger partial charge in [-0.15, -0.1) is 0 Å². The van der Waals surface area contributed by atoms with Gasteiger partial charge in [0.15, 0.2) is 0 Å². The third-order valence-corrected chi connectivity index (χ3v) is 5.38. The molecule has 1 N–H and O–H groups in total. The molecule has 3 aromatic rings. The van der Waals surface area contributed by atoms with Crippen molar-refractivity contribution < 1.29 is 19.4 Å². The minimum atomic E-state index is -0.746. The van der Waals surface area contributed by atoms with E-state index in [0.29, 0.717) is 16.9 Å². The van der Waals surface area contributed by atoms with Crippen LogP contribution in [0.3, 0.4) is 0 Å². The molecule has 2 heterocycles. The molecule has 2 aromatic carbocycles. The summed E-state index contributed by atoms with van der Waals surface area (Å²) in [6, 6.07) is 17.2. The maximum absolute atomic E-state index is 13.1. The van der Waals surface area contributed by atoms with Crippen LogP contribution in [-0.4, -0.2) is 33.8 Å². The second-order valence-corrected chi connectivity index (χ2v) is 7.43. The van der Waals surface area contributed by atoms with E-state index in [4.69, 9.17) is 4.74 Å². The van der Waals surface area contributed by atoms with E-state index in [1.54, 1.807) is 62.0 Å². The quantitative estimate of drug-likeness (QED) is 0.388. The van der Waals surface area contributed by atoms with E-state index in [2.05, 4.69) is 4.98 Å². The monoisotopic (exact) mass is 414 g/mol. The van der Waals surface area contributed by atoms with Crippen molar-refractivity contribution in [3.63, 3.8) is 0 Å². The van der Waals surface area contributed by atoms with Crippen LogP contribution in [0.25, 0.3) is 5.76 Å². The summed E-state index contributed by atoms with van der Waals surface area (Å²) >= 11 is 0. The van der Waals surface area contributed by atoms with Crippen LogP contribution >= 0.6 is 0 Å². The van der Waals surface area contributed by atoms with E-state index < -0.39 is 17.7 Å². The Balaban J connectivity index is 1.87. The van der Waals surface area contributed by atoms with Gasteiger partial charge >= 0.3 is 0 Å². The average molecular weight is 414 g/mol. The molecule has 1 aliphatic rings. The van der Waals surface area contributed by atoms with E-state index in [1.165, 1.54) is 4.90 Å². The average Bonchev–Trinajstić information content (AvgIpc) is 3.05.